The molecule has 0 fully saturated rings. The number of hydrogen-bond acceptors (Lipinski definition) is 2. The molecule has 86 valence electrons. The van der Waals surface area contributed by atoms with Crippen molar-refractivity contribution in [1.82, 2.24) is 5.32 Å². The molecule has 0 radical (unpaired) electrons. The van der Waals surface area contributed by atoms with Crippen molar-refractivity contribution in [1.29, 1.82) is 0 Å². The number of rotatable bonds is 5. The Hall–Kier alpha value is 0.140. The lowest BCUT2D eigenvalue weighted by molar-refractivity contribution is 0.409. The van der Waals surface area contributed by atoms with E-state index < -0.39 is 0 Å². The molecule has 0 aliphatic carbocycles. The van der Waals surface area contributed by atoms with E-state index in [1.54, 1.807) is 0 Å². The zero-order valence-corrected chi connectivity index (χ0v) is 12.3. The standard InChI is InChI=1S/C12H20BrNS/c1-8(2)7-9(3)14-10(4)12-11(13)5-6-15-12/h5-6,8-10,14H,7H2,1-4H3. The lowest BCUT2D eigenvalue weighted by atomic mass is 10.0. The summed E-state index contributed by atoms with van der Waals surface area (Å²) in [5, 5.41) is 5.76. The van der Waals surface area contributed by atoms with E-state index in [1.807, 2.05) is 11.3 Å². The summed E-state index contributed by atoms with van der Waals surface area (Å²) < 4.78 is 1.23. The van der Waals surface area contributed by atoms with E-state index in [4.69, 9.17) is 0 Å². The number of halogens is 1. The summed E-state index contributed by atoms with van der Waals surface area (Å²) in [6, 6.07) is 3.13. The first-order valence-electron chi connectivity index (χ1n) is 5.49. The molecule has 2 unspecified atom stereocenters. The average molecular weight is 290 g/mol. The summed E-state index contributed by atoms with van der Waals surface area (Å²) in [6.07, 6.45) is 1.23. The van der Waals surface area contributed by atoms with Crippen LogP contribution in [0.15, 0.2) is 15.9 Å². The van der Waals surface area contributed by atoms with Crippen molar-refractivity contribution in [3.05, 3.63) is 20.8 Å². The first-order chi connectivity index (χ1) is 7.00. The summed E-state index contributed by atoms with van der Waals surface area (Å²) in [5.41, 5.74) is 0. The Balaban J connectivity index is 2.49. The summed E-state index contributed by atoms with van der Waals surface area (Å²) in [7, 11) is 0. The molecule has 0 amide bonds. The Labute approximate surface area is 105 Å². The molecule has 2 atom stereocenters. The summed E-state index contributed by atoms with van der Waals surface area (Å²) in [4.78, 5) is 1.39. The normalized spacial score (nSPS) is 15.6. The van der Waals surface area contributed by atoms with Crippen molar-refractivity contribution in [2.24, 2.45) is 5.92 Å². The maximum Gasteiger partial charge on any atom is 0.0399 e. The summed E-state index contributed by atoms with van der Waals surface area (Å²) >= 11 is 5.39. The van der Waals surface area contributed by atoms with Crippen LogP contribution in [0.5, 0.6) is 0 Å². The monoisotopic (exact) mass is 289 g/mol. The van der Waals surface area contributed by atoms with Crippen LogP contribution in [0.4, 0.5) is 0 Å². The van der Waals surface area contributed by atoms with Crippen LogP contribution >= 0.6 is 27.3 Å². The van der Waals surface area contributed by atoms with Gasteiger partial charge in [-0.05, 0) is 53.6 Å². The van der Waals surface area contributed by atoms with E-state index in [0.717, 1.165) is 5.92 Å². The third-order valence-electron chi connectivity index (χ3n) is 2.40. The van der Waals surface area contributed by atoms with Crippen LogP contribution in [-0.2, 0) is 0 Å². The molecule has 0 aromatic carbocycles. The topological polar surface area (TPSA) is 12.0 Å². The predicted octanol–water partition coefficient (Wildman–Crippen LogP) is 4.60. The van der Waals surface area contributed by atoms with Crippen LogP contribution in [0.25, 0.3) is 0 Å². The van der Waals surface area contributed by atoms with Gasteiger partial charge in [-0.25, -0.2) is 0 Å². The minimum absolute atomic E-state index is 0.438. The molecule has 0 aliphatic rings. The molecule has 1 heterocycles. The molecule has 0 spiro atoms. The van der Waals surface area contributed by atoms with Crippen molar-refractivity contribution in [3.63, 3.8) is 0 Å². The molecular formula is C12H20BrNS. The fraction of sp³-hybridized carbons (Fsp3) is 0.667. The quantitative estimate of drug-likeness (QED) is 0.836. The fourth-order valence-electron chi connectivity index (χ4n) is 1.89. The van der Waals surface area contributed by atoms with Gasteiger partial charge >= 0.3 is 0 Å². The van der Waals surface area contributed by atoms with Gasteiger partial charge in [-0.15, -0.1) is 11.3 Å². The Kier molecular flexibility index (Phi) is 5.30. The van der Waals surface area contributed by atoms with Gasteiger partial charge < -0.3 is 5.32 Å². The maximum absolute atomic E-state index is 3.63. The van der Waals surface area contributed by atoms with Crippen molar-refractivity contribution in [3.8, 4) is 0 Å². The van der Waals surface area contributed by atoms with Crippen LogP contribution in [0.2, 0.25) is 0 Å². The van der Waals surface area contributed by atoms with Gasteiger partial charge in [0.1, 0.15) is 0 Å². The fourth-order valence-corrected chi connectivity index (χ4v) is 3.63. The molecule has 1 aromatic heterocycles. The second kappa shape index (κ2) is 6.02. The number of hydrogen-bond donors (Lipinski definition) is 1. The second-order valence-corrected chi connectivity index (χ2v) is 6.35. The van der Waals surface area contributed by atoms with Gasteiger partial charge in [0.2, 0.25) is 0 Å². The van der Waals surface area contributed by atoms with E-state index in [9.17, 15) is 0 Å². The summed E-state index contributed by atoms with van der Waals surface area (Å²) in [6.45, 7) is 9.03. The van der Waals surface area contributed by atoms with E-state index in [1.165, 1.54) is 15.8 Å². The predicted molar refractivity (Wildman–Crippen MR) is 72.5 cm³/mol. The van der Waals surface area contributed by atoms with Gasteiger partial charge in [0.25, 0.3) is 0 Å². The Bertz CT molecular complexity index is 296. The molecule has 0 saturated carbocycles. The molecule has 3 heteroatoms. The lowest BCUT2D eigenvalue weighted by Gasteiger charge is -2.21. The zero-order valence-electron chi connectivity index (χ0n) is 9.88. The second-order valence-electron chi connectivity index (χ2n) is 4.55. The van der Waals surface area contributed by atoms with E-state index >= 15 is 0 Å². The van der Waals surface area contributed by atoms with Crippen LogP contribution in [0, 0.1) is 5.92 Å². The van der Waals surface area contributed by atoms with Gasteiger partial charge in [-0.1, -0.05) is 13.8 Å². The van der Waals surface area contributed by atoms with Crippen molar-refractivity contribution in [2.75, 3.05) is 0 Å². The maximum atomic E-state index is 3.63. The number of thiophene rings is 1. The average Bonchev–Trinajstić information content (AvgIpc) is 2.49. The minimum Gasteiger partial charge on any atom is -0.307 e. The first kappa shape index (κ1) is 13.2. The molecule has 0 saturated heterocycles. The molecule has 1 nitrogen and oxygen atoms in total. The van der Waals surface area contributed by atoms with Crippen LogP contribution in [0.3, 0.4) is 0 Å². The highest BCUT2D eigenvalue weighted by atomic mass is 79.9. The Morgan fingerprint density at radius 1 is 1.33 bits per heavy atom. The van der Waals surface area contributed by atoms with Crippen molar-refractivity contribution < 1.29 is 0 Å². The summed E-state index contributed by atoms with van der Waals surface area (Å²) in [5.74, 6) is 0.756. The van der Waals surface area contributed by atoms with E-state index in [2.05, 4.69) is 60.4 Å². The van der Waals surface area contributed by atoms with Gasteiger partial charge in [0.15, 0.2) is 0 Å². The van der Waals surface area contributed by atoms with E-state index in [-0.39, 0.29) is 0 Å². The molecular weight excluding hydrogens is 270 g/mol. The highest BCUT2D eigenvalue weighted by Crippen LogP contribution is 2.29. The van der Waals surface area contributed by atoms with Crippen LogP contribution in [0.1, 0.15) is 45.0 Å². The van der Waals surface area contributed by atoms with Gasteiger partial charge in [-0.3, -0.25) is 0 Å². The van der Waals surface area contributed by atoms with Gasteiger partial charge in [0, 0.05) is 21.4 Å². The number of nitrogens with one attached hydrogen (secondary N) is 1. The van der Waals surface area contributed by atoms with E-state index in [0.29, 0.717) is 12.1 Å². The SMILES string of the molecule is CC(C)CC(C)NC(C)c1sccc1Br. The third-order valence-corrected chi connectivity index (χ3v) is 4.45. The highest BCUT2D eigenvalue weighted by molar-refractivity contribution is 9.10. The largest absolute Gasteiger partial charge is 0.307 e. The molecule has 0 aliphatic heterocycles. The zero-order chi connectivity index (χ0) is 11.4. The molecule has 1 N–H and O–H groups in total. The van der Waals surface area contributed by atoms with Gasteiger partial charge in [-0.2, -0.15) is 0 Å². The van der Waals surface area contributed by atoms with Crippen molar-refractivity contribution in [2.45, 2.75) is 46.2 Å². The van der Waals surface area contributed by atoms with Gasteiger partial charge in [0.05, 0.1) is 0 Å². The highest BCUT2D eigenvalue weighted by Gasteiger charge is 2.13. The molecule has 15 heavy (non-hydrogen) atoms. The Morgan fingerprint density at radius 3 is 2.47 bits per heavy atom. The first-order valence-corrected chi connectivity index (χ1v) is 7.17. The molecule has 1 rings (SSSR count). The molecule has 1 aromatic rings. The minimum atomic E-state index is 0.438. The van der Waals surface area contributed by atoms with Crippen LogP contribution < -0.4 is 5.32 Å². The lowest BCUT2D eigenvalue weighted by Crippen LogP contribution is -2.29. The Morgan fingerprint density at radius 2 is 2.00 bits per heavy atom. The van der Waals surface area contributed by atoms with Crippen molar-refractivity contribution >= 4 is 27.3 Å². The third kappa shape index (κ3) is 4.25. The molecule has 0 bridgehead atoms. The smallest absolute Gasteiger partial charge is 0.0399 e. The van der Waals surface area contributed by atoms with Crippen LogP contribution in [-0.4, -0.2) is 6.04 Å².